The van der Waals surface area contributed by atoms with Gasteiger partial charge in [0.05, 0.1) is 6.04 Å². The van der Waals surface area contributed by atoms with E-state index in [0.717, 1.165) is 13.0 Å². The first-order chi connectivity index (χ1) is 7.20. The van der Waals surface area contributed by atoms with E-state index in [1.165, 1.54) is 32.1 Å². The van der Waals surface area contributed by atoms with Crippen molar-refractivity contribution >= 4 is 5.91 Å². The van der Waals surface area contributed by atoms with Crippen LogP contribution in [0.1, 0.15) is 45.4 Å². The second-order valence-electron chi connectivity index (χ2n) is 5.07. The number of rotatable bonds is 2. The fraction of sp³-hybridized carbons (Fsp3) is 0.917. The van der Waals surface area contributed by atoms with Gasteiger partial charge in [-0.3, -0.25) is 4.79 Å². The minimum absolute atomic E-state index is 0.174. The lowest BCUT2D eigenvalue weighted by Crippen LogP contribution is -2.43. The van der Waals surface area contributed by atoms with Gasteiger partial charge in [0, 0.05) is 12.6 Å². The van der Waals surface area contributed by atoms with E-state index in [9.17, 15) is 4.79 Å². The van der Waals surface area contributed by atoms with E-state index < -0.39 is 0 Å². The third-order valence-electron chi connectivity index (χ3n) is 4.10. The Kier molecular flexibility index (Phi) is 3.29. The van der Waals surface area contributed by atoms with Gasteiger partial charge in [-0.15, -0.1) is 0 Å². The topological polar surface area (TPSA) is 46.3 Å². The Bertz CT molecular complexity index is 236. The summed E-state index contributed by atoms with van der Waals surface area (Å²) in [6, 6.07) is 0.183. The Balaban J connectivity index is 1.94. The van der Waals surface area contributed by atoms with Gasteiger partial charge >= 0.3 is 0 Å². The smallest absolute Gasteiger partial charge is 0.239 e. The molecule has 1 saturated heterocycles. The first kappa shape index (κ1) is 10.9. The van der Waals surface area contributed by atoms with Crippen LogP contribution in [0.2, 0.25) is 0 Å². The monoisotopic (exact) mass is 210 g/mol. The van der Waals surface area contributed by atoms with Gasteiger partial charge < -0.3 is 10.6 Å². The number of likely N-dealkylation sites (tertiary alicyclic amines) is 1. The van der Waals surface area contributed by atoms with Gasteiger partial charge in [-0.2, -0.15) is 0 Å². The highest BCUT2D eigenvalue weighted by Crippen LogP contribution is 2.30. The highest BCUT2D eigenvalue weighted by Gasteiger charge is 2.35. The van der Waals surface area contributed by atoms with Gasteiger partial charge in [0.25, 0.3) is 0 Å². The molecule has 15 heavy (non-hydrogen) atoms. The Labute approximate surface area is 92.0 Å². The van der Waals surface area contributed by atoms with E-state index in [1.807, 2.05) is 4.90 Å². The van der Waals surface area contributed by atoms with Crippen molar-refractivity contribution in [1.82, 2.24) is 4.90 Å². The predicted octanol–water partition coefficient (Wildman–Crippen LogP) is 1.51. The normalized spacial score (nSPS) is 30.9. The molecule has 1 saturated carbocycles. The number of amides is 1. The summed E-state index contributed by atoms with van der Waals surface area (Å²) in [5.41, 5.74) is 5.74. The fourth-order valence-electron chi connectivity index (χ4n) is 3.00. The molecule has 3 nitrogen and oxygen atoms in total. The van der Waals surface area contributed by atoms with Crippen LogP contribution >= 0.6 is 0 Å². The molecule has 1 amide bonds. The van der Waals surface area contributed by atoms with Crippen LogP contribution < -0.4 is 5.73 Å². The zero-order valence-corrected chi connectivity index (χ0v) is 9.61. The summed E-state index contributed by atoms with van der Waals surface area (Å²) in [5.74, 6) is 0.890. The molecule has 2 aliphatic rings. The quantitative estimate of drug-likeness (QED) is 0.751. The molecule has 2 fully saturated rings. The number of hydrogen-bond donors (Lipinski definition) is 1. The first-order valence-electron chi connectivity index (χ1n) is 6.26. The second-order valence-corrected chi connectivity index (χ2v) is 5.07. The number of nitrogens with two attached hydrogens (primary N) is 1. The molecule has 86 valence electrons. The van der Waals surface area contributed by atoms with E-state index in [1.54, 1.807) is 0 Å². The summed E-state index contributed by atoms with van der Waals surface area (Å²) < 4.78 is 0. The van der Waals surface area contributed by atoms with Gasteiger partial charge in [-0.05, 0) is 32.1 Å². The zero-order valence-electron chi connectivity index (χ0n) is 9.61. The Hall–Kier alpha value is -0.570. The minimum Gasteiger partial charge on any atom is -0.338 e. The third-order valence-corrected chi connectivity index (χ3v) is 4.10. The largest absolute Gasteiger partial charge is 0.338 e. The van der Waals surface area contributed by atoms with Crippen LogP contribution in [0.3, 0.4) is 0 Å². The molecule has 1 aliphatic heterocycles. The molecular formula is C12H22N2O. The van der Waals surface area contributed by atoms with Crippen LogP contribution in [0.5, 0.6) is 0 Å². The maximum absolute atomic E-state index is 11.8. The number of hydrogen-bond acceptors (Lipinski definition) is 2. The molecule has 0 aromatic carbocycles. The molecule has 2 rings (SSSR count). The fourth-order valence-corrected chi connectivity index (χ4v) is 3.00. The lowest BCUT2D eigenvalue weighted by molar-refractivity contribution is -0.131. The van der Waals surface area contributed by atoms with E-state index in [-0.39, 0.29) is 11.9 Å². The molecule has 0 aromatic rings. The number of carbonyl (C=O) groups excluding carboxylic acids is 1. The molecule has 0 aromatic heterocycles. The molecule has 2 unspecified atom stereocenters. The van der Waals surface area contributed by atoms with Crippen molar-refractivity contribution in [3.05, 3.63) is 0 Å². The summed E-state index contributed by atoms with van der Waals surface area (Å²) in [4.78, 5) is 13.8. The van der Waals surface area contributed by atoms with Gasteiger partial charge in [0.15, 0.2) is 0 Å². The highest BCUT2D eigenvalue weighted by atomic mass is 16.2. The van der Waals surface area contributed by atoms with Gasteiger partial charge in [0.1, 0.15) is 0 Å². The average Bonchev–Trinajstić information content (AvgIpc) is 2.60. The van der Waals surface area contributed by atoms with Crippen LogP contribution in [0.25, 0.3) is 0 Å². The van der Waals surface area contributed by atoms with Crippen molar-refractivity contribution in [2.45, 2.75) is 57.5 Å². The van der Waals surface area contributed by atoms with Crippen molar-refractivity contribution in [1.29, 1.82) is 0 Å². The Morgan fingerprint density at radius 3 is 2.47 bits per heavy atom. The van der Waals surface area contributed by atoms with Gasteiger partial charge in [-0.25, -0.2) is 0 Å². The molecule has 0 spiro atoms. The van der Waals surface area contributed by atoms with Crippen molar-refractivity contribution in [3.63, 3.8) is 0 Å². The van der Waals surface area contributed by atoms with Crippen molar-refractivity contribution in [3.8, 4) is 0 Å². The molecule has 1 heterocycles. The molecule has 2 atom stereocenters. The van der Waals surface area contributed by atoms with Crippen molar-refractivity contribution in [2.75, 3.05) is 6.54 Å². The molecule has 0 radical (unpaired) electrons. The van der Waals surface area contributed by atoms with Crippen LogP contribution in [0.4, 0.5) is 0 Å². The lowest BCUT2D eigenvalue weighted by Gasteiger charge is -2.34. The van der Waals surface area contributed by atoms with Gasteiger partial charge in [-0.1, -0.05) is 19.3 Å². The van der Waals surface area contributed by atoms with Crippen LogP contribution in [0, 0.1) is 5.92 Å². The van der Waals surface area contributed by atoms with E-state index in [4.69, 9.17) is 5.73 Å². The SMILES string of the molecule is CC(C1CCCCC1)N1CCC(N)C1=O. The summed E-state index contributed by atoms with van der Waals surface area (Å²) in [5, 5.41) is 0. The van der Waals surface area contributed by atoms with E-state index >= 15 is 0 Å². The lowest BCUT2D eigenvalue weighted by atomic mass is 9.84. The average molecular weight is 210 g/mol. The molecule has 3 heteroatoms. The summed E-state index contributed by atoms with van der Waals surface area (Å²) in [7, 11) is 0. The summed E-state index contributed by atoms with van der Waals surface area (Å²) in [6.07, 6.45) is 7.47. The van der Waals surface area contributed by atoms with Crippen LogP contribution in [-0.4, -0.2) is 29.4 Å². The standard InChI is InChI=1S/C12H22N2O/c1-9(10-5-3-2-4-6-10)14-8-7-11(13)12(14)15/h9-11H,2-8,13H2,1H3. The Morgan fingerprint density at radius 1 is 1.27 bits per heavy atom. The Morgan fingerprint density at radius 2 is 1.93 bits per heavy atom. The molecule has 1 aliphatic carbocycles. The maximum atomic E-state index is 11.8. The molecular weight excluding hydrogens is 188 g/mol. The predicted molar refractivity (Wildman–Crippen MR) is 60.3 cm³/mol. The number of nitrogens with zero attached hydrogens (tertiary/aromatic N) is 1. The summed E-state index contributed by atoms with van der Waals surface area (Å²) in [6.45, 7) is 3.07. The third kappa shape index (κ3) is 2.17. The molecule has 0 bridgehead atoms. The van der Waals surface area contributed by atoms with Crippen LogP contribution in [-0.2, 0) is 4.79 Å². The zero-order chi connectivity index (χ0) is 10.8. The van der Waals surface area contributed by atoms with Crippen LogP contribution in [0.15, 0.2) is 0 Å². The van der Waals surface area contributed by atoms with Gasteiger partial charge in [0.2, 0.25) is 5.91 Å². The number of carbonyl (C=O) groups is 1. The first-order valence-corrected chi connectivity index (χ1v) is 6.26. The van der Waals surface area contributed by atoms with Crippen molar-refractivity contribution < 1.29 is 4.79 Å². The van der Waals surface area contributed by atoms with Crippen molar-refractivity contribution in [2.24, 2.45) is 11.7 Å². The van der Waals surface area contributed by atoms with E-state index in [2.05, 4.69) is 6.92 Å². The summed E-state index contributed by atoms with van der Waals surface area (Å²) >= 11 is 0. The highest BCUT2D eigenvalue weighted by molar-refractivity contribution is 5.83. The maximum Gasteiger partial charge on any atom is 0.239 e. The second kappa shape index (κ2) is 4.52. The molecule has 2 N–H and O–H groups in total. The van der Waals surface area contributed by atoms with E-state index in [0.29, 0.717) is 12.0 Å². The minimum atomic E-state index is -0.226.